The summed E-state index contributed by atoms with van der Waals surface area (Å²) in [4.78, 5) is 3.79. The van der Waals surface area contributed by atoms with Gasteiger partial charge in [0.1, 0.15) is 6.33 Å². The SMILES string of the molecule is CC1CC(n2[c]ncn2)=CCN1. The molecule has 0 saturated carbocycles. The smallest absolute Gasteiger partial charge is 0.200 e. The van der Waals surface area contributed by atoms with E-state index >= 15 is 0 Å². The molecule has 1 aliphatic rings. The largest absolute Gasteiger partial charge is 0.310 e. The second kappa shape index (κ2) is 3.06. The van der Waals surface area contributed by atoms with Crippen LogP contribution in [0.3, 0.4) is 0 Å². The number of aromatic nitrogens is 3. The summed E-state index contributed by atoms with van der Waals surface area (Å²) in [5.41, 5.74) is 1.18. The first kappa shape index (κ1) is 7.49. The first-order valence-corrected chi connectivity index (χ1v) is 4.07. The van der Waals surface area contributed by atoms with Crippen molar-refractivity contribution in [3.05, 3.63) is 18.7 Å². The maximum absolute atomic E-state index is 4.03. The predicted molar refractivity (Wildman–Crippen MR) is 45.2 cm³/mol. The number of hydrogen-bond acceptors (Lipinski definition) is 3. The minimum atomic E-state index is 0.516. The van der Waals surface area contributed by atoms with Gasteiger partial charge in [-0.2, -0.15) is 5.10 Å². The molecule has 1 N–H and O–H groups in total. The quantitative estimate of drug-likeness (QED) is 0.647. The lowest BCUT2D eigenvalue weighted by atomic mass is 10.1. The molecule has 1 aromatic heterocycles. The molecule has 1 aliphatic heterocycles. The van der Waals surface area contributed by atoms with E-state index in [4.69, 9.17) is 0 Å². The standard InChI is InChI=1S/C8H11N4/c1-7-4-8(2-3-10-7)12-6-9-5-11-12/h2,5,7,10H,3-4H2,1H3. The van der Waals surface area contributed by atoms with Gasteiger partial charge >= 0.3 is 0 Å². The van der Waals surface area contributed by atoms with E-state index in [1.807, 2.05) is 0 Å². The molecular formula is C8H11N4. The predicted octanol–water partition coefficient (Wildman–Crippen LogP) is 0.301. The van der Waals surface area contributed by atoms with Gasteiger partial charge in [0, 0.05) is 24.7 Å². The molecule has 0 amide bonds. The molecule has 0 aromatic carbocycles. The normalized spacial score (nSPS) is 23.8. The van der Waals surface area contributed by atoms with Crippen LogP contribution in [0.5, 0.6) is 0 Å². The molecule has 12 heavy (non-hydrogen) atoms. The van der Waals surface area contributed by atoms with Crippen molar-refractivity contribution >= 4 is 5.70 Å². The average Bonchev–Trinajstić information content (AvgIpc) is 2.56. The molecule has 1 atom stereocenters. The molecule has 1 aromatic rings. The van der Waals surface area contributed by atoms with Gasteiger partial charge in [-0.3, -0.25) is 0 Å². The van der Waals surface area contributed by atoms with Crippen molar-refractivity contribution in [3.63, 3.8) is 0 Å². The Bertz CT molecular complexity index is 275. The fraction of sp³-hybridized carbons (Fsp3) is 0.500. The highest BCUT2D eigenvalue weighted by Gasteiger charge is 2.11. The van der Waals surface area contributed by atoms with Crippen LogP contribution in [-0.4, -0.2) is 27.4 Å². The monoisotopic (exact) mass is 163 g/mol. The number of nitrogens with one attached hydrogen (secondary N) is 1. The van der Waals surface area contributed by atoms with Crippen LogP contribution in [0.15, 0.2) is 12.4 Å². The summed E-state index contributed by atoms with van der Waals surface area (Å²) in [6.45, 7) is 3.06. The summed E-state index contributed by atoms with van der Waals surface area (Å²) in [7, 11) is 0. The van der Waals surface area contributed by atoms with E-state index in [0.29, 0.717) is 6.04 Å². The lowest BCUT2D eigenvalue weighted by molar-refractivity contribution is 0.561. The topological polar surface area (TPSA) is 42.7 Å². The van der Waals surface area contributed by atoms with Crippen molar-refractivity contribution < 1.29 is 0 Å². The first-order valence-electron chi connectivity index (χ1n) is 4.07. The van der Waals surface area contributed by atoms with Gasteiger partial charge in [-0.05, 0) is 13.0 Å². The zero-order valence-corrected chi connectivity index (χ0v) is 6.99. The lowest BCUT2D eigenvalue weighted by Crippen LogP contribution is -2.31. The van der Waals surface area contributed by atoms with Gasteiger partial charge in [-0.15, -0.1) is 0 Å². The second-order valence-electron chi connectivity index (χ2n) is 2.98. The van der Waals surface area contributed by atoms with Crippen molar-refractivity contribution in [2.45, 2.75) is 19.4 Å². The van der Waals surface area contributed by atoms with Crippen LogP contribution in [0.25, 0.3) is 5.70 Å². The molecule has 0 saturated heterocycles. The van der Waals surface area contributed by atoms with E-state index in [1.54, 1.807) is 4.68 Å². The van der Waals surface area contributed by atoms with E-state index in [0.717, 1.165) is 13.0 Å². The average molecular weight is 163 g/mol. The van der Waals surface area contributed by atoms with Gasteiger partial charge in [0.2, 0.25) is 6.33 Å². The third-order valence-electron chi connectivity index (χ3n) is 1.97. The molecule has 2 rings (SSSR count). The van der Waals surface area contributed by atoms with Gasteiger partial charge in [0.25, 0.3) is 0 Å². The summed E-state index contributed by atoms with van der Waals surface area (Å²) >= 11 is 0. The van der Waals surface area contributed by atoms with Crippen molar-refractivity contribution in [2.24, 2.45) is 0 Å². The Labute approximate surface area is 71.3 Å². The molecule has 0 fully saturated rings. The van der Waals surface area contributed by atoms with Crippen LogP contribution in [0.1, 0.15) is 13.3 Å². The second-order valence-corrected chi connectivity index (χ2v) is 2.98. The highest BCUT2D eigenvalue weighted by Crippen LogP contribution is 2.12. The molecule has 0 aliphatic carbocycles. The Morgan fingerprint density at radius 2 is 2.67 bits per heavy atom. The molecule has 4 nitrogen and oxygen atoms in total. The van der Waals surface area contributed by atoms with Gasteiger partial charge in [-0.1, -0.05) is 0 Å². The van der Waals surface area contributed by atoms with E-state index in [9.17, 15) is 0 Å². The third kappa shape index (κ3) is 1.38. The Morgan fingerprint density at radius 3 is 3.33 bits per heavy atom. The minimum Gasteiger partial charge on any atom is -0.310 e. The third-order valence-corrected chi connectivity index (χ3v) is 1.97. The summed E-state index contributed by atoms with van der Waals surface area (Å²) in [5, 5.41) is 7.35. The highest BCUT2D eigenvalue weighted by atomic mass is 15.3. The summed E-state index contributed by atoms with van der Waals surface area (Å²) < 4.78 is 1.71. The van der Waals surface area contributed by atoms with Crippen molar-refractivity contribution in [1.82, 2.24) is 20.1 Å². The zero-order valence-electron chi connectivity index (χ0n) is 6.99. The molecule has 63 valence electrons. The molecule has 0 spiro atoms. The van der Waals surface area contributed by atoms with Gasteiger partial charge in [0.05, 0.1) is 0 Å². The van der Waals surface area contributed by atoms with E-state index in [1.165, 1.54) is 12.0 Å². The first-order chi connectivity index (χ1) is 5.86. The molecular weight excluding hydrogens is 152 g/mol. The molecule has 2 heterocycles. The number of hydrogen-bond donors (Lipinski definition) is 1. The molecule has 1 unspecified atom stereocenters. The van der Waals surface area contributed by atoms with Gasteiger partial charge < -0.3 is 5.32 Å². The van der Waals surface area contributed by atoms with Crippen molar-refractivity contribution in [2.75, 3.05) is 6.54 Å². The summed E-state index contributed by atoms with van der Waals surface area (Å²) in [6, 6.07) is 0.516. The minimum absolute atomic E-state index is 0.516. The Morgan fingerprint density at radius 1 is 1.75 bits per heavy atom. The van der Waals surface area contributed by atoms with Gasteiger partial charge in [-0.25, -0.2) is 9.67 Å². The van der Waals surface area contributed by atoms with Crippen LogP contribution >= 0.6 is 0 Å². The Kier molecular flexibility index (Phi) is 1.91. The van der Waals surface area contributed by atoms with Crippen LogP contribution in [0.4, 0.5) is 0 Å². The van der Waals surface area contributed by atoms with Crippen LogP contribution in [-0.2, 0) is 0 Å². The van der Waals surface area contributed by atoms with E-state index in [2.05, 4.69) is 34.7 Å². The zero-order chi connectivity index (χ0) is 8.39. The maximum atomic E-state index is 4.03. The molecule has 0 bridgehead atoms. The Balaban J connectivity index is 2.19. The Hall–Kier alpha value is -1.16. The van der Waals surface area contributed by atoms with Crippen LogP contribution in [0, 0.1) is 6.33 Å². The van der Waals surface area contributed by atoms with Crippen molar-refractivity contribution in [3.8, 4) is 0 Å². The number of nitrogens with zero attached hydrogens (tertiary/aromatic N) is 3. The summed E-state index contributed by atoms with van der Waals surface area (Å²) in [6.07, 6.45) is 7.40. The van der Waals surface area contributed by atoms with Crippen molar-refractivity contribution in [1.29, 1.82) is 0 Å². The van der Waals surface area contributed by atoms with Gasteiger partial charge in [0.15, 0.2) is 0 Å². The molecule has 1 radical (unpaired) electrons. The fourth-order valence-electron chi connectivity index (χ4n) is 1.34. The lowest BCUT2D eigenvalue weighted by Gasteiger charge is -2.19. The fourth-order valence-corrected chi connectivity index (χ4v) is 1.34. The highest BCUT2D eigenvalue weighted by molar-refractivity contribution is 5.45. The number of rotatable bonds is 1. The van der Waals surface area contributed by atoms with E-state index in [-0.39, 0.29) is 0 Å². The van der Waals surface area contributed by atoms with E-state index < -0.39 is 0 Å². The van der Waals surface area contributed by atoms with Crippen LogP contribution < -0.4 is 5.32 Å². The summed E-state index contributed by atoms with van der Waals surface area (Å²) in [5.74, 6) is 0. The molecule has 4 heteroatoms. The van der Waals surface area contributed by atoms with Crippen LogP contribution in [0.2, 0.25) is 0 Å². The maximum Gasteiger partial charge on any atom is 0.200 e.